The number of anilines is 4. The first-order valence-electron chi connectivity index (χ1n) is 25.2. The lowest BCUT2D eigenvalue weighted by molar-refractivity contribution is 0.483. The second-order valence-corrected chi connectivity index (χ2v) is 20.9. The monoisotopic (exact) mass is 926 g/mol. The van der Waals surface area contributed by atoms with Gasteiger partial charge in [-0.15, -0.1) is 0 Å². The number of aromatic nitrogens is 2. The second-order valence-electron chi connectivity index (χ2n) is 20.9. The molecule has 71 heavy (non-hydrogen) atoms. The molecule has 0 saturated carbocycles. The summed E-state index contributed by atoms with van der Waals surface area (Å²) in [6.07, 6.45) is 1.95. The molecule has 5 heteroatoms. The van der Waals surface area contributed by atoms with Crippen LogP contribution in [0.4, 0.5) is 22.7 Å². The van der Waals surface area contributed by atoms with Crippen LogP contribution in [0.3, 0.4) is 0 Å². The molecule has 352 valence electrons. The lowest BCUT2D eigenvalue weighted by Gasteiger charge is -2.28. The summed E-state index contributed by atoms with van der Waals surface area (Å²) in [5, 5.41) is 2.32. The minimum atomic E-state index is -0.228. The number of rotatable bonds is 12. The number of benzene rings is 8. The topological polar surface area (TPSA) is 33.5 Å². The Morgan fingerprint density at radius 2 is 1.01 bits per heavy atom. The number of hydrogen-bond donors (Lipinski definition) is 0. The third-order valence-corrected chi connectivity index (χ3v) is 15.1. The van der Waals surface area contributed by atoms with Gasteiger partial charge in [0.1, 0.15) is 24.0 Å². The van der Waals surface area contributed by atoms with Gasteiger partial charge in [0.2, 0.25) is 0 Å². The Morgan fingerprint density at radius 3 is 1.68 bits per heavy atom. The van der Waals surface area contributed by atoms with Crippen LogP contribution in [-0.4, -0.2) is 16.2 Å². The smallest absolute Gasteiger partial charge is 0.137 e. The van der Waals surface area contributed by atoms with Crippen molar-refractivity contribution in [2.45, 2.75) is 78.1 Å². The van der Waals surface area contributed by atoms with Crippen LogP contribution in [0.15, 0.2) is 206 Å². The second kappa shape index (κ2) is 18.1. The highest BCUT2D eigenvalue weighted by atomic mass is 16.5. The van der Waals surface area contributed by atoms with E-state index in [1.54, 1.807) is 0 Å². The van der Waals surface area contributed by atoms with Gasteiger partial charge in [-0.1, -0.05) is 177 Å². The van der Waals surface area contributed by atoms with Crippen LogP contribution >= 0.6 is 0 Å². The van der Waals surface area contributed by atoms with Crippen molar-refractivity contribution in [1.29, 1.82) is 0 Å². The number of para-hydroxylation sites is 3. The largest absolute Gasteiger partial charge is 0.457 e. The fraction of sp³-hybridized carbons (Fsp3) is 0.197. The number of nitrogens with zero attached hydrogens (tertiary/aromatic N) is 4. The first-order chi connectivity index (χ1) is 34.4. The van der Waals surface area contributed by atoms with E-state index in [4.69, 9.17) is 9.72 Å². The lowest BCUT2D eigenvalue weighted by Crippen LogP contribution is -2.25. The number of fused-ring (bicyclic) bond motifs is 4. The molecule has 0 fully saturated rings. The summed E-state index contributed by atoms with van der Waals surface area (Å²) in [7, 11) is 0. The van der Waals surface area contributed by atoms with Crippen LogP contribution in [0.1, 0.15) is 101 Å². The molecular formula is C66H62N4O. The van der Waals surface area contributed by atoms with E-state index in [2.05, 4.69) is 270 Å². The molecule has 3 heterocycles. The Labute approximate surface area is 419 Å². The van der Waals surface area contributed by atoms with Crippen LogP contribution in [0, 0.1) is 0 Å². The quantitative estimate of drug-likeness (QED) is 0.122. The predicted molar refractivity (Wildman–Crippen MR) is 298 cm³/mol. The molecule has 0 radical (unpaired) electrons. The molecule has 11 rings (SSSR count). The van der Waals surface area contributed by atoms with E-state index >= 15 is 0 Å². The SMILES string of the molecule is CC(C)c1cccc(C(C)C)c1-c1cc(Oc2ccc3c4ccccc4n(-c4cc(C(C)(C)c5ccccc5)ccn4)c3c2)cc(N2CN(c3cccc(C(C)(C)c4ccccc4)c3)c3ccccc32)c1. The van der Waals surface area contributed by atoms with E-state index in [9.17, 15) is 0 Å². The van der Waals surface area contributed by atoms with Crippen LogP contribution in [0.5, 0.6) is 11.5 Å². The highest BCUT2D eigenvalue weighted by Crippen LogP contribution is 2.48. The van der Waals surface area contributed by atoms with Gasteiger partial charge >= 0.3 is 0 Å². The lowest BCUT2D eigenvalue weighted by atomic mass is 9.78. The number of hydrogen-bond acceptors (Lipinski definition) is 4. The standard InChI is InChI=1S/C66H62N4O/c1-44(2)55-28-20-29-56(45(3)4)64(55)46-37-52(69-43-68(60-31-17-18-32-61(60)69)51-26-19-25-49(39-51)65(5,6)47-21-11-9-12-22-47)41-54(38-46)71-53-33-34-58-57-27-15-16-30-59(57)70(62(58)42-53)63-40-50(35-36-67-63)66(7,8)48-23-13-10-14-24-48/h9-42,44-45H,43H2,1-8H3. The van der Waals surface area contributed by atoms with Gasteiger partial charge in [-0.2, -0.15) is 0 Å². The van der Waals surface area contributed by atoms with Crippen molar-refractivity contribution >= 4 is 44.6 Å². The Kier molecular flexibility index (Phi) is 11.6. The molecule has 0 N–H and O–H groups in total. The maximum absolute atomic E-state index is 7.19. The van der Waals surface area contributed by atoms with Gasteiger partial charge < -0.3 is 14.5 Å². The minimum absolute atomic E-state index is 0.175. The molecule has 0 unspecified atom stereocenters. The molecule has 0 spiro atoms. The minimum Gasteiger partial charge on any atom is -0.457 e. The van der Waals surface area contributed by atoms with Crippen molar-refractivity contribution in [2.75, 3.05) is 16.5 Å². The van der Waals surface area contributed by atoms with Gasteiger partial charge in [0.05, 0.1) is 22.4 Å². The first-order valence-corrected chi connectivity index (χ1v) is 25.2. The zero-order valence-electron chi connectivity index (χ0n) is 42.2. The van der Waals surface area contributed by atoms with Crippen molar-refractivity contribution in [3.05, 3.63) is 240 Å². The number of ether oxygens (including phenoxy) is 1. The van der Waals surface area contributed by atoms with Gasteiger partial charge in [-0.3, -0.25) is 4.57 Å². The van der Waals surface area contributed by atoms with Crippen LogP contribution in [0.2, 0.25) is 0 Å². The van der Waals surface area contributed by atoms with Gasteiger partial charge in [-0.05, 0) is 123 Å². The molecular weight excluding hydrogens is 865 g/mol. The molecule has 0 atom stereocenters. The summed E-state index contributed by atoms with van der Waals surface area (Å²) in [5.41, 5.74) is 16.4. The van der Waals surface area contributed by atoms with Gasteiger partial charge in [0.25, 0.3) is 0 Å². The summed E-state index contributed by atoms with van der Waals surface area (Å²) in [6.45, 7) is 19.0. The predicted octanol–water partition coefficient (Wildman–Crippen LogP) is 17.8. The molecule has 10 aromatic rings. The fourth-order valence-electron chi connectivity index (χ4n) is 10.9. The van der Waals surface area contributed by atoms with Gasteiger partial charge in [-0.25, -0.2) is 4.98 Å². The summed E-state index contributed by atoms with van der Waals surface area (Å²) in [6, 6.07) is 72.6. The normalized spacial score (nSPS) is 12.9. The van der Waals surface area contributed by atoms with E-state index in [1.165, 1.54) is 50.0 Å². The van der Waals surface area contributed by atoms with Crippen molar-refractivity contribution in [2.24, 2.45) is 0 Å². The molecule has 2 aromatic heterocycles. The van der Waals surface area contributed by atoms with Crippen molar-refractivity contribution in [1.82, 2.24) is 9.55 Å². The third kappa shape index (κ3) is 8.23. The zero-order chi connectivity index (χ0) is 49.0. The van der Waals surface area contributed by atoms with Gasteiger partial charge in [0.15, 0.2) is 0 Å². The molecule has 0 saturated heterocycles. The van der Waals surface area contributed by atoms with E-state index in [0.717, 1.165) is 56.4 Å². The number of pyridine rings is 1. The third-order valence-electron chi connectivity index (χ3n) is 15.1. The maximum Gasteiger partial charge on any atom is 0.137 e. The summed E-state index contributed by atoms with van der Waals surface area (Å²) < 4.78 is 9.49. The van der Waals surface area contributed by atoms with E-state index in [0.29, 0.717) is 18.5 Å². The Hall–Kier alpha value is -7.89. The van der Waals surface area contributed by atoms with Crippen molar-refractivity contribution in [3.8, 4) is 28.4 Å². The van der Waals surface area contributed by atoms with Crippen molar-refractivity contribution in [3.63, 3.8) is 0 Å². The summed E-state index contributed by atoms with van der Waals surface area (Å²) in [5.74, 6) is 3.05. The maximum atomic E-state index is 7.19. The van der Waals surface area contributed by atoms with E-state index in [1.807, 2.05) is 6.20 Å². The first kappa shape index (κ1) is 45.5. The fourth-order valence-corrected chi connectivity index (χ4v) is 10.9. The molecule has 5 nitrogen and oxygen atoms in total. The molecule has 1 aliphatic heterocycles. The van der Waals surface area contributed by atoms with Crippen LogP contribution in [0.25, 0.3) is 38.8 Å². The Morgan fingerprint density at radius 1 is 0.451 bits per heavy atom. The average Bonchev–Trinajstić information content (AvgIpc) is 3.95. The Bertz CT molecular complexity index is 3540. The molecule has 1 aliphatic rings. The summed E-state index contributed by atoms with van der Waals surface area (Å²) in [4.78, 5) is 9.94. The molecule has 0 bridgehead atoms. The van der Waals surface area contributed by atoms with Gasteiger partial charge in [0, 0.05) is 51.3 Å². The van der Waals surface area contributed by atoms with Crippen LogP contribution < -0.4 is 14.5 Å². The van der Waals surface area contributed by atoms with E-state index < -0.39 is 0 Å². The molecule has 0 aliphatic carbocycles. The Balaban J connectivity index is 1.04. The highest BCUT2D eigenvalue weighted by Gasteiger charge is 2.31. The molecule has 8 aromatic carbocycles. The molecule has 0 amide bonds. The average molecular weight is 927 g/mol. The van der Waals surface area contributed by atoms with Crippen LogP contribution in [-0.2, 0) is 10.8 Å². The highest BCUT2D eigenvalue weighted by molar-refractivity contribution is 6.09. The van der Waals surface area contributed by atoms with E-state index in [-0.39, 0.29) is 10.8 Å². The zero-order valence-corrected chi connectivity index (χ0v) is 42.2. The van der Waals surface area contributed by atoms with Crippen molar-refractivity contribution < 1.29 is 4.74 Å². The summed E-state index contributed by atoms with van der Waals surface area (Å²) >= 11 is 0.